The fraction of sp³-hybridized carbons (Fsp3) is 0.730. The Balaban J connectivity index is 1.17. The van der Waals surface area contributed by atoms with Gasteiger partial charge in [0.05, 0.1) is 43.6 Å². The first-order valence-corrected chi connectivity index (χ1v) is 18.2. The fourth-order valence-corrected chi connectivity index (χ4v) is 11.4. The first-order valence-electron chi connectivity index (χ1n) is 18.2. The number of methoxy groups -OCH3 is 1. The second-order valence-corrected chi connectivity index (χ2v) is 16.9. The molecule has 13 nitrogen and oxygen atoms in total. The number of hydrogen-bond donors (Lipinski definition) is 4. The predicted octanol–water partition coefficient (Wildman–Crippen LogP) is 1.75. The Morgan fingerprint density at radius 1 is 1.20 bits per heavy atom. The Kier molecular flexibility index (Phi) is 8.27. The number of carbonyl (C=O) groups excluding carboxylic acids is 4. The summed E-state index contributed by atoms with van der Waals surface area (Å²) in [6.45, 7) is 7.50. The van der Waals surface area contributed by atoms with Crippen molar-refractivity contribution in [3.63, 3.8) is 0 Å². The summed E-state index contributed by atoms with van der Waals surface area (Å²) in [6.07, 6.45) is 5.91. The molecule has 1 saturated heterocycles. The number of carbonyl (C=O) groups is 4. The van der Waals surface area contributed by atoms with Gasteiger partial charge in [-0.25, -0.2) is 4.79 Å². The molecule has 2 aliphatic heterocycles. The summed E-state index contributed by atoms with van der Waals surface area (Å²) >= 11 is 0. The van der Waals surface area contributed by atoms with Gasteiger partial charge in [-0.3, -0.25) is 14.4 Å². The number of ether oxygens (including phenoxy) is 3. The molecule has 50 heavy (non-hydrogen) atoms. The maximum atomic E-state index is 13.5. The van der Waals surface area contributed by atoms with Gasteiger partial charge in [0, 0.05) is 69.8 Å². The number of nitrogens with two attached hydrogens (primary N) is 1. The molecule has 5 N–H and O–H groups in total. The van der Waals surface area contributed by atoms with Crippen LogP contribution in [-0.4, -0.2) is 115 Å². The van der Waals surface area contributed by atoms with E-state index in [1.165, 1.54) is 42.3 Å². The first kappa shape index (κ1) is 35.0. The molecule has 0 radical (unpaired) electrons. The lowest BCUT2D eigenvalue weighted by atomic mass is 9.33. The van der Waals surface area contributed by atoms with Gasteiger partial charge in [0.2, 0.25) is 17.7 Å². The topological polar surface area (TPSA) is 170 Å². The molecular formula is C37H54N5O8+. The third kappa shape index (κ3) is 5.12. The van der Waals surface area contributed by atoms with Crippen LogP contribution in [0.4, 0.5) is 4.79 Å². The Hall–Kier alpha value is -3.42. The lowest BCUT2D eigenvalue weighted by Crippen LogP contribution is -2.84. The minimum absolute atomic E-state index is 0.0640. The van der Waals surface area contributed by atoms with E-state index in [4.69, 9.17) is 19.9 Å². The van der Waals surface area contributed by atoms with Gasteiger partial charge in [-0.05, 0) is 57.6 Å². The zero-order chi connectivity index (χ0) is 36.0. The largest absolute Gasteiger partial charge is 0.482 e. The van der Waals surface area contributed by atoms with Crippen LogP contribution in [0, 0.1) is 17.3 Å². The number of piperidine rings is 1. The number of rotatable bonds is 12. The number of benzene rings is 1. The van der Waals surface area contributed by atoms with Gasteiger partial charge in [-0.2, -0.15) is 0 Å². The van der Waals surface area contributed by atoms with E-state index >= 15 is 0 Å². The SMILES string of the molecule is CO[C@]12CC[C@@]3(C[C@@H]1C(C)(C)O)[C@@H]1Cc4ccc(OC(=O)N(C)CCNC(=O)[C@H](CC(N)=O)NC(C)=O)c5c4[C@@]3(CC[N+]1(C)CC1CC1)[C@H]2O5. The molecule has 1 unspecified atom stereocenters. The summed E-state index contributed by atoms with van der Waals surface area (Å²) in [4.78, 5) is 50.4. The van der Waals surface area contributed by atoms with Gasteiger partial charge in [-0.15, -0.1) is 0 Å². The normalized spacial score (nSPS) is 35.0. The van der Waals surface area contributed by atoms with Gasteiger partial charge >= 0.3 is 6.09 Å². The number of quaternary nitrogens is 1. The lowest BCUT2D eigenvalue weighted by molar-refractivity contribution is -0.952. The third-order valence-electron chi connectivity index (χ3n) is 13.6. The number of nitrogens with one attached hydrogen (secondary N) is 2. The monoisotopic (exact) mass is 696 g/mol. The van der Waals surface area contributed by atoms with E-state index in [1.54, 1.807) is 14.2 Å². The molecular weight excluding hydrogens is 642 g/mol. The van der Waals surface area contributed by atoms with Crippen LogP contribution in [0.25, 0.3) is 0 Å². The molecule has 1 aromatic rings. The summed E-state index contributed by atoms with van der Waals surface area (Å²) in [7, 11) is 5.81. The molecule has 7 aliphatic rings. The van der Waals surface area contributed by atoms with Crippen LogP contribution in [0.5, 0.6) is 11.5 Å². The Morgan fingerprint density at radius 2 is 1.94 bits per heavy atom. The molecule has 13 heteroatoms. The van der Waals surface area contributed by atoms with Gasteiger partial charge in [0.25, 0.3) is 0 Å². The maximum absolute atomic E-state index is 13.5. The highest BCUT2D eigenvalue weighted by atomic mass is 16.6. The second kappa shape index (κ2) is 11.8. The first-order chi connectivity index (χ1) is 23.5. The van der Waals surface area contributed by atoms with E-state index in [0.717, 1.165) is 49.0 Å². The van der Waals surface area contributed by atoms with Gasteiger partial charge in [0.1, 0.15) is 17.7 Å². The highest BCUT2D eigenvalue weighted by Gasteiger charge is 2.84. The van der Waals surface area contributed by atoms with Crippen molar-refractivity contribution in [3.05, 3.63) is 23.3 Å². The number of primary amides is 1. The summed E-state index contributed by atoms with van der Waals surface area (Å²) in [6, 6.07) is 3.27. The molecule has 4 amide bonds. The zero-order valence-corrected chi connectivity index (χ0v) is 30.3. The Bertz CT molecular complexity index is 1590. The number of likely N-dealkylation sites (tertiary alicyclic amines) is 1. The molecule has 5 aliphatic carbocycles. The molecule has 8 rings (SSSR count). The Labute approximate surface area is 294 Å². The number of aliphatic hydroxyl groups is 1. The quantitative estimate of drug-likeness (QED) is 0.240. The summed E-state index contributed by atoms with van der Waals surface area (Å²) < 4.78 is 20.8. The number of likely N-dealkylation sites (N-methyl/N-ethyl adjacent to an activating group) is 2. The fourth-order valence-electron chi connectivity index (χ4n) is 11.4. The average molecular weight is 697 g/mol. The standard InChI is InChI=1S/C37H53N5O8/c1-21(43)40-24(18-28(38)44)31(45)39-14-15-41(4)33(46)49-25-10-9-23-17-27-35-11-12-37(48-6,26(19-35)34(2,3)47)32-36(35,29(23)30(25)50-32)13-16-42(27,5)20-22-7-8-22/h9-10,22,24,26-27,32,47H,7-8,11-20H2,1-6H3,(H3-,38,39,40,43,44,45)/p+1/t24-,26+,27-,32+,35+,36-,37+,42?/m0/s1. The van der Waals surface area contributed by atoms with Crippen LogP contribution >= 0.6 is 0 Å². The van der Waals surface area contributed by atoms with Crippen LogP contribution in [0.2, 0.25) is 0 Å². The van der Waals surface area contributed by atoms with Gasteiger partial charge < -0.3 is 45.1 Å². The van der Waals surface area contributed by atoms with Crippen molar-refractivity contribution in [2.24, 2.45) is 23.0 Å². The van der Waals surface area contributed by atoms with Crippen molar-refractivity contribution < 1.29 is 43.0 Å². The van der Waals surface area contributed by atoms with Crippen molar-refractivity contribution in [1.29, 1.82) is 0 Å². The van der Waals surface area contributed by atoms with E-state index in [1.807, 2.05) is 19.9 Å². The summed E-state index contributed by atoms with van der Waals surface area (Å²) in [5.41, 5.74) is 5.59. The highest BCUT2D eigenvalue weighted by molar-refractivity contribution is 5.91. The Morgan fingerprint density at radius 3 is 2.58 bits per heavy atom. The van der Waals surface area contributed by atoms with Crippen molar-refractivity contribution in [1.82, 2.24) is 15.5 Å². The van der Waals surface area contributed by atoms with Crippen LogP contribution in [-0.2, 0) is 31.0 Å². The smallest absolute Gasteiger partial charge is 0.415 e. The number of fused-ring (bicyclic) bond motifs is 2. The average Bonchev–Trinajstić information content (AvgIpc) is 3.77. The van der Waals surface area contributed by atoms with Crippen LogP contribution < -0.4 is 25.8 Å². The van der Waals surface area contributed by atoms with E-state index in [9.17, 15) is 24.3 Å². The van der Waals surface area contributed by atoms with E-state index in [0.29, 0.717) is 17.5 Å². The van der Waals surface area contributed by atoms with Crippen molar-refractivity contribution in [3.8, 4) is 11.5 Å². The molecule has 5 fully saturated rings. The molecule has 2 heterocycles. The number of nitrogens with zero attached hydrogens (tertiary/aromatic N) is 2. The van der Waals surface area contributed by atoms with Crippen molar-refractivity contribution in [2.45, 2.75) is 107 Å². The summed E-state index contributed by atoms with van der Waals surface area (Å²) in [5, 5.41) is 16.8. The van der Waals surface area contributed by atoms with Crippen LogP contribution in [0.3, 0.4) is 0 Å². The minimum Gasteiger partial charge on any atom is -0.482 e. The van der Waals surface area contributed by atoms with Gasteiger partial charge in [-0.1, -0.05) is 6.07 Å². The molecule has 0 aromatic heterocycles. The van der Waals surface area contributed by atoms with E-state index in [-0.39, 0.29) is 42.4 Å². The van der Waals surface area contributed by atoms with Crippen LogP contribution in [0.1, 0.15) is 76.8 Å². The van der Waals surface area contributed by atoms with Crippen molar-refractivity contribution >= 4 is 23.8 Å². The molecule has 1 aromatic carbocycles. The molecule has 4 saturated carbocycles. The minimum atomic E-state index is -1.10. The van der Waals surface area contributed by atoms with Crippen LogP contribution in [0.15, 0.2) is 12.1 Å². The lowest BCUT2D eigenvalue weighted by Gasteiger charge is -2.75. The van der Waals surface area contributed by atoms with E-state index in [2.05, 4.69) is 23.7 Å². The molecule has 4 bridgehead atoms. The molecule has 2 spiro atoms. The maximum Gasteiger partial charge on any atom is 0.415 e. The van der Waals surface area contributed by atoms with E-state index < -0.39 is 41.1 Å². The van der Waals surface area contributed by atoms with Gasteiger partial charge in [0.15, 0.2) is 11.5 Å². The van der Waals surface area contributed by atoms with Crippen molar-refractivity contribution in [2.75, 3.05) is 47.4 Å². The second-order valence-electron chi connectivity index (χ2n) is 16.9. The number of amides is 4. The predicted molar refractivity (Wildman–Crippen MR) is 182 cm³/mol. The molecule has 8 atom stereocenters. The zero-order valence-electron chi connectivity index (χ0n) is 30.3. The molecule has 274 valence electrons. The highest BCUT2D eigenvalue weighted by Crippen LogP contribution is 2.78. The summed E-state index contributed by atoms with van der Waals surface area (Å²) in [5.74, 6) is -0.120. The number of hydrogen-bond acceptors (Lipinski definition) is 8. The third-order valence-corrected chi connectivity index (χ3v) is 13.6.